The van der Waals surface area contributed by atoms with Gasteiger partial charge in [0.2, 0.25) is 0 Å². The predicted octanol–water partition coefficient (Wildman–Crippen LogP) is 0.296. The summed E-state index contributed by atoms with van der Waals surface area (Å²) in [4.78, 5) is 11.0. The Morgan fingerprint density at radius 2 is 0.923 bits per heavy atom. The number of methoxy groups -OCH3 is 1. The molecule has 0 aliphatic rings. The highest BCUT2D eigenvalue weighted by molar-refractivity contribution is 5.70. The third-order valence-electron chi connectivity index (χ3n) is 2.82. The van der Waals surface area contributed by atoms with Crippen LogP contribution in [-0.4, -0.2) is 106 Å². The number of hydrogen-bond acceptors (Lipinski definition) is 9. The van der Waals surface area contributed by atoms with Crippen molar-refractivity contribution in [2.45, 2.75) is 6.92 Å². The fourth-order valence-corrected chi connectivity index (χ4v) is 1.60. The lowest BCUT2D eigenvalue weighted by atomic mass is 10.6. The second-order valence-electron chi connectivity index (χ2n) is 4.91. The molecule has 0 radical (unpaired) electrons. The molecule has 0 aliphatic carbocycles. The van der Waals surface area contributed by atoms with Crippen LogP contribution in [0.4, 0.5) is 0 Å². The first kappa shape index (κ1) is 25.2. The SMILES string of the molecule is CCOC(=O)COCCOCCOCCOCCOCCOCCOC. The van der Waals surface area contributed by atoms with Gasteiger partial charge in [-0.2, -0.15) is 0 Å². The first-order valence-electron chi connectivity index (χ1n) is 8.92. The molecule has 0 aromatic heterocycles. The maximum atomic E-state index is 11.0. The summed E-state index contributed by atoms with van der Waals surface area (Å²) >= 11 is 0. The summed E-state index contributed by atoms with van der Waals surface area (Å²) in [5.41, 5.74) is 0. The van der Waals surface area contributed by atoms with Crippen molar-refractivity contribution in [3.05, 3.63) is 0 Å². The Labute approximate surface area is 156 Å². The molecule has 0 N–H and O–H groups in total. The van der Waals surface area contributed by atoms with Gasteiger partial charge in [-0.25, -0.2) is 4.79 Å². The molecular weight excluding hydrogens is 348 g/mol. The maximum absolute atomic E-state index is 11.0. The van der Waals surface area contributed by atoms with Gasteiger partial charge >= 0.3 is 5.97 Å². The normalized spacial score (nSPS) is 11.0. The fourth-order valence-electron chi connectivity index (χ4n) is 1.60. The Hall–Kier alpha value is -0.810. The molecule has 0 rings (SSSR count). The van der Waals surface area contributed by atoms with Gasteiger partial charge in [-0.3, -0.25) is 0 Å². The quantitative estimate of drug-likeness (QED) is 0.205. The zero-order valence-corrected chi connectivity index (χ0v) is 16.1. The van der Waals surface area contributed by atoms with Crippen molar-refractivity contribution >= 4 is 5.97 Å². The van der Waals surface area contributed by atoms with E-state index < -0.39 is 0 Å². The number of esters is 1. The molecule has 0 atom stereocenters. The van der Waals surface area contributed by atoms with Crippen molar-refractivity contribution in [3.63, 3.8) is 0 Å². The van der Waals surface area contributed by atoms with E-state index in [4.69, 9.17) is 37.9 Å². The zero-order chi connectivity index (χ0) is 19.1. The van der Waals surface area contributed by atoms with Crippen LogP contribution in [0.3, 0.4) is 0 Å². The van der Waals surface area contributed by atoms with Crippen LogP contribution in [0.1, 0.15) is 6.92 Å². The van der Waals surface area contributed by atoms with E-state index in [9.17, 15) is 4.79 Å². The average molecular weight is 382 g/mol. The molecule has 0 heterocycles. The van der Waals surface area contributed by atoms with Crippen LogP contribution in [-0.2, 0) is 42.7 Å². The highest BCUT2D eigenvalue weighted by atomic mass is 16.6. The predicted molar refractivity (Wildman–Crippen MR) is 93.4 cm³/mol. The molecule has 0 aliphatic heterocycles. The summed E-state index contributed by atoms with van der Waals surface area (Å²) in [5.74, 6) is -0.364. The molecule has 9 heteroatoms. The Bertz CT molecular complexity index is 289. The molecule has 0 amide bonds. The Morgan fingerprint density at radius 1 is 0.577 bits per heavy atom. The third kappa shape index (κ3) is 21.2. The lowest BCUT2D eigenvalue weighted by molar-refractivity contribution is -0.149. The monoisotopic (exact) mass is 382 g/mol. The van der Waals surface area contributed by atoms with Gasteiger partial charge in [-0.15, -0.1) is 0 Å². The lowest BCUT2D eigenvalue weighted by Gasteiger charge is -2.08. The van der Waals surface area contributed by atoms with Crippen LogP contribution in [0.15, 0.2) is 0 Å². The van der Waals surface area contributed by atoms with E-state index in [1.165, 1.54) is 0 Å². The molecule has 156 valence electrons. The van der Waals surface area contributed by atoms with Gasteiger partial charge < -0.3 is 37.9 Å². The van der Waals surface area contributed by atoms with Gasteiger partial charge in [0.15, 0.2) is 0 Å². The molecule has 0 fully saturated rings. The molecule has 0 aromatic carbocycles. The smallest absolute Gasteiger partial charge is 0.332 e. The van der Waals surface area contributed by atoms with Crippen LogP contribution >= 0.6 is 0 Å². The summed E-state index contributed by atoms with van der Waals surface area (Å²) in [7, 11) is 1.64. The van der Waals surface area contributed by atoms with Gasteiger partial charge in [-0.05, 0) is 6.92 Å². The number of hydrogen-bond donors (Lipinski definition) is 0. The highest BCUT2D eigenvalue weighted by Crippen LogP contribution is 1.85. The summed E-state index contributed by atoms with van der Waals surface area (Å²) in [6, 6.07) is 0. The van der Waals surface area contributed by atoms with Crippen molar-refractivity contribution in [2.75, 3.05) is 99.6 Å². The molecule has 26 heavy (non-hydrogen) atoms. The molecular formula is C17H34O9. The van der Waals surface area contributed by atoms with E-state index in [2.05, 4.69) is 0 Å². The van der Waals surface area contributed by atoms with E-state index >= 15 is 0 Å². The first-order valence-corrected chi connectivity index (χ1v) is 8.92. The third-order valence-corrected chi connectivity index (χ3v) is 2.82. The molecule has 0 saturated carbocycles. The Morgan fingerprint density at radius 3 is 1.27 bits per heavy atom. The number of carbonyl (C=O) groups excluding carboxylic acids is 1. The summed E-state index contributed by atoms with van der Waals surface area (Å²) in [5, 5.41) is 0. The largest absolute Gasteiger partial charge is 0.464 e. The minimum Gasteiger partial charge on any atom is -0.464 e. The van der Waals surface area contributed by atoms with Gasteiger partial charge in [0.1, 0.15) is 6.61 Å². The van der Waals surface area contributed by atoms with Gasteiger partial charge in [0.25, 0.3) is 0 Å². The number of rotatable bonds is 21. The van der Waals surface area contributed by atoms with E-state index in [0.717, 1.165) is 0 Å². The zero-order valence-electron chi connectivity index (χ0n) is 16.1. The minimum absolute atomic E-state index is 0.0460. The van der Waals surface area contributed by atoms with Crippen LogP contribution in [0.25, 0.3) is 0 Å². The van der Waals surface area contributed by atoms with E-state index in [1.54, 1.807) is 14.0 Å². The molecule has 0 bridgehead atoms. The second-order valence-corrected chi connectivity index (χ2v) is 4.91. The average Bonchev–Trinajstić information content (AvgIpc) is 2.64. The summed E-state index contributed by atoms with van der Waals surface area (Å²) in [6.07, 6.45) is 0. The number of ether oxygens (including phenoxy) is 8. The van der Waals surface area contributed by atoms with Crippen molar-refractivity contribution in [2.24, 2.45) is 0 Å². The van der Waals surface area contributed by atoms with E-state index in [1.807, 2.05) is 0 Å². The van der Waals surface area contributed by atoms with Crippen LogP contribution in [0.2, 0.25) is 0 Å². The van der Waals surface area contributed by atoms with Gasteiger partial charge in [0.05, 0.1) is 85.9 Å². The molecule has 0 unspecified atom stereocenters. The summed E-state index contributed by atoms with van der Waals surface area (Å²) in [6.45, 7) is 8.11. The van der Waals surface area contributed by atoms with Gasteiger partial charge in [-0.1, -0.05) is 0 Å². The van der Waals surface area contributed by atoms with E-state index in [-0.39, 0.29) is 12.6 Å². The van der Waals surface area contributed by atoms with Gasteiger partial charge in [0, 0.05) is 7.11 Å². The van der Waals surface area contributed by atoms with Crippen LogP contribution in [0.5, 0.6) is 0 Å². The highest BCUT2D eigenvalue weighted by Gasteiger charge is 2.00. The first-order chi connectivity index (χ1) is 12.8. The fraction of sp³-hybridized carbons (Fsp3) is 0.941. The second kappa shape index (κ2) is 22.2. The molecule has 0 saturated heterocycles. The lowest BCUT2D eigenvalue weighted by Crippen LogP contribution is -2.16. The molecule has 0 aromatic rings. The Balaban J connectivity index is 3.02. The molecule has 0 spiro atoms. The Kier molecular flexibility index (Phi) is 21.5. The van der Waals surface area contributed by atoms with Crippen LogP contribution in [0, 0.1) is 0 Å². The van der Waals surface area contributed by atoms with Crippen molar-refractivity contribution in [1.29, 1.82) is 0 Å². The van der Waals surface area contributed by atoms with Crippen molar-refractivity contribution < 1.29 is 42.7 Å². The van der Waals surface area contributed by atoms with E-state index in [0.29, 0.717) is 85.9 Å². The van der Waals surface area contributed by atoms with Crippen LogP contribution < -0.4 is 0 Å². The topological polar surface area (TPSA) is 90.9 Å². The van der Waals surface area contributed by atoms with Crippen molar-refractivity contribution in [3.8, 4) is 0 Å². The molecule has 9 nitrogen and oxygen atoms in total. The summed E-state index contributed by atoms with van der Waals surface area (Å²) < 4.78 is 41.3. The standard InChI is InChI=1S/C17H34O9/c1-3-26-17(18)16-25-15-14-24-13-12-23-11-10-22-9-8-21-7-6-20-5-4-19-2/h3-16H2,1-2H3. The minimum atomic E-state index is -0.364. The van der Waals surface area contributed by atoms with Crippen molar-refractivity contribution in [1.82, 2.24) is 0 Å². The number of carbonyl (C=O) groups is 1. The maximum Gasteiger partial charge on any atom is 0.332 e.